The minimum atomic E-state index is 0.221. The van der Waals surface area contributed by atoms with Crippen molar-refractivity contribution in [3.63, 3.8) is 0 Å². The lowest BCUT2D eigenvalue weighted by molar-refractivity contribution is 0.238. The van der Waals surface area contributed by atoms with Crippen molar-refractivity contribution in [2.75, 3.05) is 20.6 Å². The summed E-state index contributed by atoms with van der Waals surface area (Å²) < 4.78 is 11.0. The van der Waals surface area contributed by atoms with E-state index in [1.807, 2.05) is 24.3 Å². The van der Waals surface area contributed by atoms with Gasteiger partial charge in [0.15, 0.2) is 0 Å². The molecule has 0 spiro atoms. The Kier molecular flexibility index (Phi) is 4.82. The van der Waals surface area contributed by atoms with Crippen LogP contribution in [0.1, 0.15) is 36.9 Å². The fourth-order valence-corrected chi connectivity index (χ4v) is 2.21. The lowest BCUT2D eigenvalue weighted by Gasteiger charge is -2.25. The van der Waals surface area contributed by atoms with Crippen LogP contribution in [0.3, 0.4) is 0 Å². The summed E-state index contributed by atoms with van der Waals surface area (Å²) in [6.45, 7) is 2.97. The second kappa shape index (κ2) is 6.59. The van der Waals surface area contributed by atoms with Crippen molar-refractivity contribution in [1.82, 2.24) is 10.2 Å². The molecule has 19 heavy (non-hydrogen) atoms. The summed E-state index contributed by atoms with van der Waals surface area (Å²) in [4.78, 5) is 2.15. The van der Waals surface area contributed by atoms with Crippen LogP contribution in [0.4, 0.5) is 0 Å². The first-order chi connectivity index (χ1) is 9.22. The Labute approximate surface area is 114 Å². The van der Waals surface area contributed by atoms with Gasteiger partial charge in [0.2, 0.25) is 0 Å². The molecule has 2 aromatic rings. The van der Waals surface area contributed by atoms with Crippen molar-refractivity contribution >= 4 is 0 Å². The molecule has 2 aromatic heterocycles. The molecule has 0 aliphatic heterocycles. The first kappa shape index (κ1) is 13.9. The molecule has 0 amide bonds. The van der Waals surface area contributed by atoms with E-state index in [-0.39, 0.29) is 12.1 Å². The van der Waals surface area contributed by atoms with Crippen molar-refractivity contribution < 1.29 is 8.83 Å². The summed E-state index contributed by atoms with van der Waals surface area (Å²) in [5.41, 5.74) is 0. The highest BCUT2D eigenvalue weighted by Gasteiger charge is 2.19. The zero-order valence-electron chi connectivity index (χ0n) is 11.8. The summed E-state index contributed by atoms with van der Waals surface area (Å²) in [6, 6.07) is 8.34. The third kappa shape index (κ3) is 3.49. The van der Waals surface area contributed by atoms with Gasteiger partial charge >= 0.3 is 0 Å². The molecule has 104 valence electrons. The molecule has 2 unspecified atom stereocenters. The maximum Gasteiger partial charge on any atom is 0.122 e. The molecule has 2 atom stereocenters. The molecule has 0 saturated carbocycles. The van der Waals surface area contributed by atoms with Gasteiger partial charge in [0.1, 0.15) is 11.5 Å². The minimum absolute atomic E-state index is 0.221. The summed E-state index contributed by atoms with van der Waals surface area (Å²) in [5, 5.41) is 3.55. The maximum absolute atomic E-state index is 5.51. The Morgan fingerprint density at radius 3 is 2.21 bits per heavy atom. The van der Waals surface area contributed by atoms with Crippen LogP contribution in [-0.4, -0.2) is 25.5 Å². The van der Waals surface area contributed by atoms with E-state index in [4.69, 9.17) is 8.83 Å². The molecule has 0 radical (unpaired) electrons. The zero-order valence-corrected chi connectivity index (χ0v) is 11.8. The van der Waals surface area contributed by atoms with Crippen molar-refractivity contribution in [2.45, 2.75) is 25.4 Å². The normalized spacial score (nSPS) is 14.7. The van der Waals surface area contributed by atoms with Gasteiger partial charge in [-0.2, -0.15) is 0 Å². The SMILES string of the molecule is CCC(NCC(c1ccco1)N(C)C)c1ccco1. The number of rotatable bonds is 7. The quantitative estimate of drug-likeness (QED) is 0.832. The van der Waals surface area contributed by atoms with E-state index in [1.165, 1.54) is 0 Å². The van der Waals surface area contributed by atoms with Crippen LogP contribution in [0.25, 0.3) is 0 Å². The average Bonchev–Trinajstić information content (AvgIpc) is 3.06. The van der Waals surface area contributed by atoms with Gasteiger partial charge in [0.25, 0.3) is 0 Å². The fraction of sp³-hybridized carbons (Fsp3) is 0.467. The lowest BCUT2D eigenvalue weighted by atomic mass is 10.1. The van der Waals surface area contributed by atoms with E-state index in [9.17, 15) is 0 Å². The molecule has 0 aliphatic rings. The van der Waals surface area contributed by atoms with Gasteiger partial charge in [-0.05, 0) is 44.8 Å². The predicted octanol–water partition coefficient (Wildman–Crippen LogP) is 3.22. The van der Waals surface area contributed by atoms with Crippen molar-refractivity contribution in [1.29, 1.82) is 0 Å². The maximum atomic E-state index is 5.51. The van der Waals surface area contributed by atoms with Crippen molar-refractivity contribution in [2.24, 2.45) is 0 Å². The number of furan rings is 2. The minimum Gasteiger partial charge on any atom is -0.468 e. The molecule has 0 aliphatic carbocycles. The van der Waals surface area contributed by atoms with Crippen LogP contribution in [-0.2, 0) is 0 Å². The largest absolute Gasteiger partial charge is 0.468 e. The molecule has 0 bridgehead atoms. The molecule has 4 nitrogen and oxygen atoms in total. The van der Waals surface area contributed by atoms with Gasteiger partial charge < -0.3 is 14.2 Å². The second-order valence-electron chi connectivity index (χ2n) is 4.88. The molecule has 4 heteroatoms. The lowest BCUT2D eigenvalue weighted by Crippen LogP contribution is -2.32. The van der Waals surface area contributed by atoms with E-state index in [0.29, 0.717) is 0 Å². The van der Waals surface area contributed by atoms with Crippen LogP contribution in [0, 0.1) is 0 Å². The van der Waals surface area contributed by atoms with Crippen molar-refractivity contribution in [3.05, 3.63) is 48.3 Å². The molecule has 0 aromatic carbocycles. The Balaban J connectivity index is 1.99. The number of hydrogen-bond acceptors (Lipinski definition) is 4. The molecule has 0 fully saturated rings. The van der Waals surface area contributed by atoms with Gasteiger partial charge in [-0.25, -0.2) is 0 Å². The summed E-state index contributed by atoms with van der Waals surface area (Å²) in [6.07, 6.45) is 4.43. The highest BCUT2D eigenvalue weighted by Crippen LogP contribution is 2.21. The first-order valence-electron chi connectivity index (χ1n) is 6.69. The van der Waals surface area contributed by atoms with Crippen LogP contribution in [0.15, 0.2) is 45.6 Å². The Bertz CT molecular complexity index is 448. The third-order valence-corrected chi connectivity index (χ3v) is 3.35. The molecular formula is C15H22N2O2. The van der Waals surface area contributed by atoms with Crippen LogP contribution in [0.5, 0.6) is 0 Å². The van der Waals surface area contributed by atoms with Gasteiger partial charge in [-0.3, -0.25) is 4.90 Å². The van der Waals surface area contributed by atoms with Crippen LogP contribution < -0.4 is 5.32 Å². The van der Waals surface area contributed by atoms with Crippen LogP contribution in [0.2, 0.25) is 0 Å². The third-order valence-electron chi connectivity index (χ3n) is 3.35. The number of nitrogens with zero attached hydrogens (tertiary/aromatic N) is 1. The Morgan fingerprint density at radius 2 is 1.74 bits per heavy atom. The topological polar surface area (TPSA) is 41.6 Å². The standard InChI is InChI=1S/C15H22N2O2/c1-4-12(14-7-5-9-18-14)16-11-13(17(2)3)15-8-6-10-19-15/h5-10,12-13,16H,4,11H2,1-3H3. The average molecular weight is 262 g/mol. The van der Waals surface area contributed by atoms with Gasteiger partial charge in [-0.1, -0.05) is 6.92 Å². The molecule has 0 saturated heterocycles. The first-order valence-corrected chi connectivity index (χ1v) is 6.69. The Hall–Kier alpha value is -1.52. The molecule has 2 heterocycles. The summed E-state index contributed by atoms with van der Waals surface area (Å²) in [5.74, 6) is 1.96. The smallest absolute Gasteiger partial charge is 0.122 e. The monoisotopic (exact) mass is 262 g/mol. The second-order valence-corrected chi connectivity index (χ2v) is 4.88. The number of nitrogens with one attached hydrogen (secondary N) is 1. The fourth-order valence-electron chi connectivity index (χ4n) is 2.21. The van der Waals surface area contributed by atoms with Crippen LogP contribution >= 0.6 is 0 Å². The molecule has 2 rings (SSSR count). The van der Waals surface area contributed by atoms with E-state index in [2.05, 4.69) is 31.2 Å². The molecular weight excluding hydrogens is 240 g/mol. The Morgan fingerprint density at radius 1 is 1.11 bits per heavy atom. The highest BCUT2D eigenvalue weighted by atomic mass is 16.3. The molecule has 1 N–H and O–H groups in total. The van der Waals surface area contributed by atoms with Crippen molar-refractivity contribution in [3.8, 4) is 0 Å². The van der Waals surface area contributed by atoms with E-state index in [1.54, 1.807) is 12.5 Å². The van der Waals surface area contributed by atoms with E-state index < -0.39 is 0 Å². The van der Waals surface area contributed by atoms with E-state index in [0.717, 1.165) is 24.5 Å². The highest BCUT2D eigenvalue weighted by molar-refractivity contribution is 5.07. The van der Waals surface area contributed by atoms with Gasteiger partial charge in [0.05, 0.1) is 24.6 Å². The van der Waals surface area contributed by atoms with Gasteiger partial charge in [0, 0.05) is 6.54 Å². The summed E-state index contributed by atoms with van der Waals surface area (Å²) in [7, 11) is 4.12. The number of hydrogen-bond donors (Lipinski definition) is 1. The predicted molar refractivity (Wildman–Crippen MR) is 74.9 cm³/mol. The number of likely N-dealkylation sites (N-methyl/N-ethyl adjacent to an activating group) is 1. The zero-order chi connectivity index (χ0) is 13.7. The van der Waals surface area contributed by atoms with E-state index >= 15 is 0 Å². The summed E-state index contributed by atoms with van der Waals surface area (Å²) >= 11 is 0. The van der Waals surface area contributed by atoms with Gasteiger partial charge in [-0.15, -0.1) is 0 Å².